The third-order valence-electron chi connectivity index (χ3n) is 4.32. The first-order valence-electron chi connectivity index (χ1n) is 7.93. The molecule has 1 aliphatic rings. The van der Waals surface area contributed by atoms with E-state index in [4.69, 9.17) is 4.42 Å². The van der Waals surface area contributed by atoms with Gasteiger partial charge in [-0.3, -0.25) is 9.69 Å². The van der Waals surface area contributed by atoms with Crippen LogP contribution in [0.5, 0.6) is 0 Å². The lowest BCUT2D eigenvalue weighted by molar-refractivity contribution is -0.185. The summed E-state index contributed by atoms with van der Waals surface area (Å²) in [5.74, 6) is -0.598. The number of furan rings is 1. The van der Waals surface area contributed by atoms with Gasteiger partial charge in [0, 0.05) is 0 Å². The highest BCUT2D eigenvalue weighted by atomic mass is 19.4. The van der Waals surface area contributed by atoms with E-state index in [-0.39, 0.29) is 44.9 Å². The first-order valence-corrected chi connectivity index (χ1v) is 7.93. The predicted octanol–water partition coefficient (Wildman–Crippen LogP) is 2.19. The molecule has 1 saturated heterocycles. The summed E-state index contributed by atoms with van der Waals surface area (Å²) in [6.45, 7) is 3.76. The average molecular weight is 348 g/mol. The van der Waals surface area contributed by atoms with Crippen molar-refractivity contribution >= 4 is 5.91 Å². The zero-order valence-corrected chi connectivity index (χ0v) is 13.8. The molecule has 1 aromatic heterocycles. The number of amides is 1. The van der Waals surface area contributed by atoms with Crippen LogP contribution >= 0.6 is 0 Å². The summed E-state index contributed by atoms with van der Waals surface area (Å²) in [6, 6.07) is 3.36. The van der Waals surface area contributed by atoms with Gasteiger partial charge in [-0.15, -0.1) is 0 Å². The Morgan fingerprint density at radius 3 is 2.50 bits per heavy atom. The topological polar surface area (TPSA) is 65.7 Å². The van der Waals surface area contributed by atoms with Crippen molar-refractivity contribution in [2.75, 3.05) is 26.2 Å². The molecule has 8 heteroatoms. The Labute approximate surface area is 138 Å². The van der Waals surface area contributed by atoms with E-state index in [0.717, 1.165) is 0 Å². The Morgan fingerprint density at radius 2 is 2.00 bits per heavy atom. The number of carbonyl (C=O) groups excluding carboxylic acids is 1. The van der Waals surface area contributed by atoms with Crippen LogP contribution in [0.1, 0.15) is 31.3 Å². The Morgan fingerprint density at radius 1 is 1.38 bits per heavy atom. The van der Waals surface area contributed by atoms with E-state index in [0.29, 0.717) is 11.5 Å². The molecule has 0 unspecified atom stereocenters. The van der Waals surface area contributed by atoms with Crippen LogP contribution in [0.15, 0.2) is 16.5 Å². The predicted molar refractivity (Wildman–Crippen MR) is 81.2 cm³/mol. The van der Waals surface area contributed by atoms with Crippen LogP contribution < -0.4 is 5.32 Å². The van der Waals surface area contributed by atoms with E-state index >= 15 is 0 Å². The number of carbonyl (C=O) groups is 1. The molecule has 0 aromatic carbocycles. The second kappa shape index (κ2) is 7.14. The van der Waals surface area contributed by atoms with Crippen molar-refractivity contribution in [3.05, 3.63) is 23.7 Å². The van der Waals surface area contributed by atoms with Gasteiger partial charge in [0.1, 0.15) is 17.1 Å². The summed E-state index contributed by atoms with van der Waals surface area (Å²) in [5, 5.41) is 12.9. The fourth-order valence-electron chi connectivity index (χ4n) is 2.76. The summed E-state index contributed by atoms with van der Waals surface area (Å²) in [7, 11) is 0. The van der Waals surface area contributed by atoms with Gasteiger partial charge in [0.25, 0.3) is 0 Å². The summed E-state index contributed by atoms with van der Waals surface area (Å²) in [6.07, 6.45) is -4.13. The number of hydrogen-bond acceptors (Lipinski definition) is 4. The molecule has 1 aromatic rings. The van der Waals surface area contributed by atoms with Gasteiger partial charge in [0.05, 0.1) is 19.0 Å². The van der Waals surface area contributed by atoms with Crippen molar-refractivity contribution in [1.29, 1.82) is 0 Å². The van der Waals surface area contributed by atoms with E-state index in [1.165, 1.54) is 6.92 Å². The molecule has 1 fully saturated rings. The van der Waals surface area contributed by atoms with E-state index < -0.39 is 17.7 Å². The first-order chi connectivity index (χ1) is 11.1. The monoisotopic (exact) mass is 348 g/mol. The average Bonchev–Trinajstić information content (AvgIpc) is 2.92. The second-order valence-corrected chi connectivity index (χ2v) is 6.55. The van der Waals surface area contributed by atoms with E-state index in [9.17, 15) is 23.1 Å². The molecule has 0 saturated carbocycles. The highest BCUT2D eigenvalue weighted by molar-refractivity contribution is 5.78. The third kappa shape index (κ3) is 4.98. The Hall–Kier alpha value is -1.54. The van der Waals surface area contributed by atoms with Gasteiger partial charge in [-0.05, 0) is 51.9 Å². The molecule has 136 valence electrons. The maximum absolute atomic E-state index is 12.6. The summed E-state index contributed by atoms with van der Waals surface area (Å²) in [5.41, 5.74) is -1.34. The highest BCUT2D eigenvalue weighted by Crippen LogP contribution is 2.33. The minimum atomic E-state index is -4.16. The maximum Gasteiger partial charge on any atom is 0.391 e. The number of hydrogen-bond donors (Lipinski definition) is 2. The van der Waals surface area contributed by atoms with Crippen LogP contribution in [0.25, 0.3) is 0 Å². The molecule has 5 nitrogen and oxygen atoms in total. The fourth-order valence-corrected chi connectivity index (χ4v) is 2.76. The SMILES string of the molecule is Cc1ccc([C@](C)(O)CNC(=O)CN2CCC(C(F)(F)F)CC2)o1. The van der Waals surface area contributed by atoms with Crippen molar-refractivity contribution in [2.24, 2.45) is 5.92 Å². The molecule has 1 amide bonds. The molecule has 1 atom stereocenters. The standard InChI is InChI=1S/C16H23F3N2O3/c1-11-3-4-13(24-11)15(2,23)10-20-14(22)9-21-7-5-12(6-8-21)16(17,18)19/h3-4,12,23H,5-10H2,1-2H3,(H,20,22)/t15-/m1/s1. The number of piperidine rings is 1. The van der Waals surface area contributed by atoms with Crippen LogP contribution in [-0.2, 0) is 10.4 Å². The third-order valence-corrected chi connectivity index (χ3v) is 4.32. The number of aliphatic hydroxyl groups is 1. The van der Waals surface area contributed by atoms with E-state index in [1.807, 2.05) is 0 Å². The Kier molecular flexibility index (Phi) is 5.59. The van der Waals surface area contributed by atoms with E-state index in [1.54, 1.807) is 24.0 Å². The van der Waals surface area contributed by atoms with Gasteiger partial charge in [-0.1, -0.05) is 0 Å². The summed E-state index contributed by atoms with van der Waals surface area (Å²) >= 11 is 0. The van der Waals surface area contributed by atoms with Crippen molar-refractivity contribution in [2.45, 2.75) is 38.5 Å². The molecule has 1 aliphatic heterocycles. The van der Waals surface area contributed by atoms with Crippen molar-refractivity contribution in [3.8, 4) is 0 Å². The smallest absolute Gasteiger partial charge is 0.391 e. The van der Waals surface area contributed by atoms with Crippen LogP contribution in [0.4, 0.5) is 13.2 Å². The molecule has 24 heavy (non-hydrogen) atoms. The van der Waals surface area contributed by atoms with Gasteiger partial charge in [0.15, 0.2) is 0 Å². The van der Waals surface area contributed by atoms with Crippen LogP contribution in [0.3, 0.4) is 0 Å². The number of nitrogens with one attached hydrogen (secondary N) is 1. The number of aryl methyl sites for hydroxylation is 1. The summed E-state index contributed by atoms with van der Waals surface area (Å²) in [4.78, 5) is 13.7. The van der Waals surface area contributed by atoms with Crippen LogP contribution in [0, 0.1) is 12.8 Å². The molecular weight excluding hydrogens is 325 g/mol. The van der Waals surface area contributed by atoms with E-state index in [2.05, 4.69) is 5.32 Å². The number of likely N-dealkylation sites (tertiary alicyclic amines) is 1. The second-order valence-electron chi connectivity index (χ2n) is 6.55. The van der Waals surface area contributed by atoms with Gasteiger partial charge >= 0.3 is 6.18 Å². The van der Waals surface area contributed by atoms with Crippen LogP contribution in [0.2, 0.25) is 0 Å². The molecule has 2 heterocycles. The molecule has 0 aliphatic carbocycles. The Balaban J connectivity index is 1.76. The molecule has 0 bridgehead atoms. The summed E-state index contributed by atoms with van der Waals surface area (Å²) < 4.78 is 43.2. The zero-order chi connectivity index (χ0) is 18.0. The van der Waals surface area contributed by atoms with Crippen molar-refractivity contribution < 1.29 is 27.5 Å². The van der Waals surface area contributed by atoms with Gasteiger partial charge in [0.2, 0.25) is 5.91 Å². The quantitative estimate of drug-likeness (QED) is 0.856. The minimum Gasteiger partial charge on any atom is -0.463 e. The maximum atomic E-state index is 12.6. The highest BCUT2D eigenvalue weighted by Gasteiger charge is 2.41. The van der Waals surface area contributed by atoms with Crippen molar-refractivity contribution in [3.63, 3.8) is 0 Å². The van der Waals surface area contributed by atoms with Gasteiger partial charge in [-0.25, -0.2) is 0 Å². The first kappa shape index (κ1) is 18.8. The molecule has 2 rings (SSSR count). The van der Waals surface area contributed by atoms with Gasteiger partial charge < -0.3 is 14.8 Å². The lowest BCUT2D eigenvalue weighted by Crippen LogP contribution is -2.46. The lowest BCUT2D eigenvalue weighted by atomic mass is 9.96. The number of halogens is 3. The lowest BCUT2D eigenvalue weighted by Gasteiger charge is -2.32. The van der Waals surface area contributed by atoms with Crippen molar-refractivity contribution in [1.82, 2.24) is 10.2 Å². The molecular formula is C16H23F3N2O3. The number of nitrogens with zero attached hydrogens (tertiary/aromatic N) is 1. The number of alkyl halides is 3. The fraction of sp³-hybridized carbons (Fsp3) is 0.688. The van der Waals surface area contributed by atoms with Gasteiger partial charge in [-0.2, -0.15) is 13.2 Å². The molecule has 2 N–H and O–H groups in total. The number of rotatable bonds is 5. The zero-order valence-electron chi connectivity index (χ0n) is 13.8. The molecule has 0 spiro atoms. The molecule has 0 radical (unpaired) electrons. The minimum absolute atomic E-state index is 0.0141. The Bertz CT molecular complexity index is 561. The van der Waals surface area contributed by atoms with Crippen LogP contribution in [-0.4, -0.2) is 48.3 Å². The largest absolute Gasteiger partial charge is 0.463 e. The normalized spacial score (nSPS) is 19.9.